The number of ether oxygens (including phenoxy) is 2. The van der Waals surface area contributed by atoms with Gasteiger partial charge >= 0.3 is 0 Å². The number of rotatable bonds is 7. The Kier molecular flexibility index (Phi) is 10.2. The Labute approximate surface area is 199 Å². The number of hydrogen-bond donors (Lipinski definition) is 1. The third-order valence-corrected chi connectivity index (χ3v) is 5.21. The fourth-order valence-electron chi connectivity index (χ4n) is 3.68. The molecule has 0 bridgehead atoms. The van der Waals surface area contributed by atoms with E-state index < -0.39 is 0 Å². The smallest absolute Gasteiger partial charge is 0.121 e. The number of anilines is 1. The minimum Gasteiger partial charge on any atom is -0.497 e. The fraction of sp³-hybridized carbons (Fsp3) is 0.400. The molecule has 2 aromatic carbocycles. The summed E-state index contributed by atoms with van der Waals surface area (Å²) in [5.74, 6) is 1.71. The van der Waals surface area contributed by atoms with E-state index in [0.717, 1.165) is 47.9 Å². The van der Waals surface area contributed by atoms with Crippen molar-refractivity contribution in [2.75, 3.05) is 45.3 Å². The van der Waals surface area contributed by atoms with Gasteiger partial charge in [-0.3, -0.25) is 0 Å². The molecule has 0 amide bonds. The summed E-state index contributed by atoms with van der Waals surface area (Å²) in [7, 11) is 3.62. The van der Waals surface area contributed by atoms with Gasteiger partial charge < -0.3 is 19.7 Å². The largest absolute Gasteiger partial charge is 0.497 e. The SMILES string of the molecule is CC.CNCCOc1ccc(-c2cc(N3CCCC3)c3ccc(OC)cc3n2)cc1.[HH].[V]. The molecule has 0 saturated carbocycles. The number of aromatic nitrogens is 1. The third-order valence-electron chi connectivity index (χ3n) is 5.21. The molecule has 1 fully saturated rings. The number of fused-ring (bicyclic) bond motifs is 1. The van der Waals surface area contributed by atoms with Crippen LogP contribution in [0.5, 0.6) is 11.5 Å². The monoisotopic (exact) mass is 460 g/mol. The average molecular weight is 461 g/mol. The Morgan fingerprint density at radius 2 is 1.68 bits per heavy atom. The number of pyridine rings is 1. The van der Waals surface area contributed by atoms with Crippen molar-refractivity contribution in [1.29, 1.82) is 0 Å². The van der Waals surface area contributed by atoms with Gasteiger partial charge in [0.2, 0.25) is 0 Å². The Morgan fingerprint density at radius 3 is 2.32 bits per heavy atom. The first-order valence-electron chi connectivity index (χ1n) is 10.9. The number of hydrogen-bond acceptors (Lipinski definition) is 5. The topological polar surface area (TPSA) is 46.6 Å². The van der Waals surface area contributed by atoms with Crippen molar-refractivity contribution in [1.82, 2.24) is 10.3 Å². The van der Waals surface area contributed by atoms with Crippen molar-refractivity contribution in [2.24, 2.45) is 0 Å². The van der Waals surface area contributed by atoms with Crippen molar-refractivity contribution in [2.45, 2.75) is 26.7 Å². The number of nitrogens with one attached hydrogen (secondary N) is 1. The van der Waals surface area contributed by atoms with Crippen molar-refractivity contribution >= 4 is 16.6 Å². The Balaban J connectivity index is 0.00000125. The zero-order chi connectivity index (χ0) is 21.3. The van der Waals surface area contributed by atoms with Gasteiger partial charge in [-0.1, -0.05) is 13.8 Å². The normalized spacial score (nSPS) is 12.7. The molecular formula is C25H35N3O2V. The average Bonchev–Trinajstić information content (AvgIpc) is 3.35. The van der Waals surface area contributed by atoms with Gasteiger partial charge in [0.25, 0.3) is 0 Å². The number of likely N-dealkylation sites (N-methyl/N-ethyl adjacent to an activating group) is 1. The maximum Gasteiger partial charge on any atom is 0.121 e. The summed E-state index contributed by atoms with van der Waals surface area (Å²) in [5, 5.41) is 4.26. The molecule has 1 aliphatic heterocycles. The quantitative estimate of drug-likeness (QED) is 0.480. The van der Waals surface area contributed by atoms with E-state index in [4.69, 9.17) is 14.5 Å². The molecule has 0 aliphatic carbocycles. The Hall–Kier alpha value is -2.21. The van der Waals surface area contributed by atoms with Crippen LogP contribution >= 0.6 is 0 Å². The molecule has 1 aliphatic rings. The molecule has 31 heavy (non-hydrogen) atoms. The van der Waals surface area contributed by atoms with E-state index in [2.05, 4.69) is 34.5 Å². The second-order valence-electron chi connectivity index (χ2n) is 7.08. The summed E-state index contributed by atoms with van der Waals surface area (Å²) in [6, 6.07) is 16.6. The van der Waals surface area contributed by atoms with E-state index in [1.165, 1.54) is 23.9 Å². The van der Waals surface area contributed by atoms with Crippen molar-refractivity contribution in [3.05, 3.63) is 48.5 Å². The van der Waals surface area contributed by atoms with Crippen LogP contribution in [0, 0.1) is 0 Å². The maximum atomic E-state index is 5.74. The van der Waals surface area contributed by atoms with Gasteiger partial charge in [0.15, 0.2) is 0 Å². The molecule has 4 rings (SSSR count). The molecule has 0 spiro atoms. The van der Waals surface area contributed by atoms with E-state index in [0.29, 0.717) is 6.61 Å². The molecule has 1 saturated heterocycles. The third kappa shape index (κ3) is 6.16. The van der Waals surface area contributed by atoms with Crippen LogP contribution in [0.25, 0.3) is 22.2 Å². The minimum atomic E-state index is 0. The van der Waals surface area contributed by atoms with Gasteiger partial charge in [-0.15, -0.1) is 0 Å². The van der Waals surface area contributed by atoms with Gasteiger partial charge in [0.1, 0.15) is 18.1 Å². The van der Waals surface area contributed by atoms with E-state index in [-0.39, 0.29) is 20.0 Å². The summed E-state index contributed by atoms with van der Waals surface area (Å²) >= 11 is 0. The zero-order valence-electron chi connectivity index (χ0n) is 19.0. The molecule has 1 radical (unpaired) electrons. The predicted molar refractivity (Wildman–Crippen MR) is 128 cm³/mol. The van der Waals surface area contributed by atoms with Gasteiger partial charge in [-0.25, -0.2) is 4.98 Å². The van der Waals surface area contributed by atoms with Crippen molar-refractivity contribution in [3.63, 3.8) is 0 Å². The molecule has 2 heterocycles. The van der Waals surface area contributed by atoms with Crippen LogP contribution in [0.4, 0.5) is 5.69 Å². The van der Waals surface area contributed by atoms with Crippen LogP contribution in [0.15, 0.2) is 48.5 Å². The first kappa shape index (κ1) is 25.1. The van der Waals surface area contributed by atoms with Crippen LogP contribution < -0.4 is 19.7 Å². The fourth-order valence-corrected chi connectivity index (χ4v) is 3.68. The predicted octanol–water partition coefficient (Wildman–Crippen LogP) is 5.38. The summed E-state index contributed by atoms with van der Waals surface area (Å²) in [4.78, 5) is 7.40. The summed E-state index contributed by atoms with van der Waals surface area (Å²) in [5.41, 5.74) is 4.29. The molecule has 167 valence electrons. The molecule has 3 aromatic rings. The van der Waals surface area contributed by atoms with Crippen molar-refractivity contribution < 1.29 is 29.5 Å². The first-order valence-corrected chi connectivity index (χ1v) is 10.9. The number of nitrogens with zero attached hydrogens (tertiary/aromatic N) is 2. The van der Waals surface area contributed by atoms with Gasteiger partial charge in [0.05, 0.1) is 18.3 Å². The van der Waals surface area contributed by atoms with Crippen LogP contribution in [-0.2, 0) is 18.6 Å². The molecule has 0 unspecified atom stereocenters. The second kappa shape index (κ2) is 12.6. The van der Waals surface area contributed by atoms with E-state index in [9.17, 15) is 0 Å². The Bertz CT molecular complexity index is 948. The number of benzene rings is 2. The van der Waals surface area contributed by atoms with E-state index >= 15 is 0 Å². The molecule has 0 atom stereocenters. The molecule has 6 heteroatoms. The van der Waals surface area contributed by atoms with Crippen LogP contribution in [0.3, 0.4) is 0 Å². The standard InChI is InChI=1S/C23H27N3O2.C2H6.V.H2/c1-24-11-14-28-18-7-5-17(6-8-18)21-16-23(26-12-3-4-13-26)20-10-9-19(27-2)15-22(20)25-21;1-2;;/h5-10,15-16,24H,3-4,11-14H2,1-2H3;1-2H3;;1H. The van der Waals surface area contributed by atoms with E-state index in [1.807, 2.05) is 45.2 Å². The molecule has 5 nitrogen and oxygen atoms in total. The summed E-state index contributed by atoms with van der Waals surface area (Å²) < 4.78 is 11.2. The molecule has 1 N–H and O–H groups in total. The number of methoxy groups -OCH3 is 1. The summed E-state index contributed by atoms with van der Waals surface area (Å²) in [6.07, 6.45) is 2.49. The van der Waals surface area contributed by atoms with Gasteiger partial charge in [0, 0.05) is 62.3 Å². The van der Waals surface area contributed by atoms with Crippen LogP contribution in [-0.4, -0.2) is 45.4 Å². The molecule has 1 aromatic heterocycles. The Morgan fingerprint density at radius 1 is 1.00 bits per heavy atom. The van der Waals surface area contributed by atoms with Gasteiger partial charge in [-0.2, -0.15) is 0 Å². The maximum absolute atomic E-state index is 5.74. The molecular weight excluding hydrogens is 425 g/mol. The summed E-state index contributed by atoms with van der Waals surface area (Å²) in [6.45, 7) is 7.68. The van der Waals surface area contributed by atoms with Crippen LogP contribution in [0.1, 0.15) is 28.1 Å². The first-order chi connectivity index (χ1) is 14.8. The van der Waals surface area contributed by atoms with Gasteiger partial charge in [-0.05, 0) is 62.4 Å². The zero-order valence-corrected chi connectivity index (χ0v) is 20.4. The van der Waals surface area contributed by atoms with Crippen LogP contribution in [0.2, 0.25) is 0 Å². The van der Waals surface area contributed by atoms with E-state index in [1.54, 1.807) is 7.11 Å². The second-order valence-corrected chi connectivity index (χ2v) is 7.08. The minimum absolute atomic E-state index is 0. The van der Waals surface area contributed by atoms with Crippen molar-refractivity contribution in [3.8, 4) is 22.8 Å².